The van der Waals surface area contributed by atoms with Crippen LogP contribution in [0.15, 0.2) is 11.5 Å². The Hall–Kier alpha value is -1.35. The highest BCUT2D eigenvalue weighted by Gasteiger charge is 2.42. The molecule has 0 radical (unpaired) electrons. The summed E-state index contributed by atoms with van der Waals surface area (Å²) in [4.78, 5) is 11.5. The van der Waals surface area contributed by atoms with Gasteiger partial charge in [-0.25, -0.2) is 4.79 Å². The maximum atomic E-state index is 11.5. The zero-order chi connectivity index (χ0) is 19.0. The van der Waals surface area contributed by atoms with Crippen LogP contribution in [0.25, 0.3) is 0 Å². The maximum absolute atomic E-state index is 11.5. The Morgan fingerprint density at radius 2 is 1.80 bits per heavy atom. The highest BCUT2D eigenvalue weighted by atomic mass is 16.6. The molecule has 0 bridgehead atoms. The average molecular weight is 362 g/mol. The first-order valence-electron chi connectivity index (χ1n) is 8.78. The number of esters is 1. The minimum absolute atomic E-state index is 0.326. The molecule has 1 rings (SSSR count). The molecule has 8 heteroatoms. The van der Waals surface area contributed by atoms with Crippen LogP contribution in [0.2, 0.25) is 0 Å². The van der Waals surface area contributed by atoms with E-state index in [1.54, 1.807) is 0 Å². The molecule has 1 aliphatic heterocycles. The summed E-state index contributed by atoms with van der Waals surface area (Å²) in [6.07, 6.45) is -0.738. The molecule has 0 aromatic heterocycles. The van der Waals surface area contributed by atoms with Crippen LogP contribution in [0.1, 0.15) is 46.0 Å². The highest BCUT2D eigenvalue weighted by Crippen LogP contribution is 2.29. The maximum Gasteiger partial charge on any atom is 0.378 e. The number of ether oxygens (including phenoxy) is 2. The van der Waals surface area contributed by atoms with Gasteiger partial charge in [0.1, 0.15) is 18.3 Å². The number of carbonyl (C=O) groups is 1. The van der Waals surface area contributed by atoms with Gasteiger partial charge in [0.25, 0.3) is 0 Å². The van der Waals surface area contributed by atoms with Gasteiger partial charge in [-0.15, -0.1) is 0 Å². The van der Waals surface area contributed by atoms with E-state index in [0.29, 0.717) is 12.3 Å². The summed E-state index contributed by atoms with van der Waals surface area (Å²) < 4.78 is 10.4. The van der Waals surface area contributed by atoms with Crippen molar-refractivity contribution in [2.24, 2.45) is 5.92 Å². The molecule has 0 aromatic carbocycles. The van der Waals surface area contributed by atoms with Gasteiger partial charge in [-0.05, 0) is 18.8 Å². The number of aliphatic hydroxyl groups is 5. The summed E-state index contributed by atoms with van der Waals surface area (Å²) in [6.45, 7) is 2.92. The normalized spacial score (nSPS) is 22.5. The SMILES string of the molecule is CCCC(CC)CCC(OC1=C(O)C(=O)O[C@@H]1[C@@H](O)CO)C(O)CO. The zero-order valence-corrected chi connectivity index (χ0v) is 14.8. The van der Waals surface area contributed by atoms with Crippen molar-refractivity contribution < 1.29 is 39.8 Å². The molecule has 0 saturated heterocycles. The minimum Gasteiger partial charge on any atom is -0.499 e. The van der Waals surface area contributed by atoms with E-state index in [2.05, 4.69) is 13.8 Å². The Morgan fingerprint density at radius 1 is 1.12 bits per heavy atom. The summed E-state index contributed by atoms with van der Waals surface area (Å²) in [6, 6.07) is 0. The summed E-state index contributed by atoms with van der Waals surface area (Å²) in [5, 5.41) is 47.9. The van der Waals surface area contributed by atoms with Gasteiger partial charge in [-0.2, -0.15) is 0 Å². The van der Waals surface area contributed by atoms with E-state index >= 15 is 0 Å². The molecule has 5 N–H and O–H groups in total. The first-order chi connectivity index (χ1) is 11.9. The van der Waals surface area contributed by atoms with Gasteiger partial charge in [-0.1, -0.05) is 33.1 Å². The molecule has 0 aliphatic carbocycles. The minimum atomic E-state index is -1.46. The van der Waals surface area contributed by atoms with E-state index < -0.39 is 49.4 Å². The quantitative estimate of drug-likeness (QED) is 0.314. The highest BCUT2D eigenvalue weighted by molar-refractivity contribution is 5.89. The third-order valence-electron chi connectivity index (χ3n) is 4.48. The third-order valence-corrected chi connectivity index (χ3v) is 4.48. The van der Waals surface area contributed by atoms with E-state index in [9.17, 15) is 25.2 Å². The van der Waals surface area contributed by atoms with Gasteiger partial charge >= 0.3 is 5.97 Å². The van der Waals surface area contributed by atoms with Gasteiger partial charge < -0.3 is 35.0 Å². The van der Waals surface area contributed by atoms with Crippen molar-refractivity contribution in [2.75, 3.05) is 13.2 Å². The number of carbonyl (C=O) groups excluding carboxylic acids is 1. The third kappa shape index (κ3) is 5.85. The first-order valence-corrected chi connectivity index (χ1v) is 8.78. The summed E-state index contributed by atoms with van der Waals surface area (Å²) in [5.74, 6) is -1.76. The Labute approximate surface area is 147 Å². The van der Waals surface area contributed by atoms with Crippen molar-refractivity contribution >= 4 is 5.97 Å². The fourth-order valence-electron chi connectivity index (χ4n) is 2.90. The van der Waals surface area contributed by atoms with E-state index in [1.807, 2.05) is 0 Å². The van der Waals surface area contributed by atoms with Crippen LogP contribution in [0.5, 0.6) is 0 Å². The van der Waals surface area contributed by atoms with Crippen LogP contribution in [0.4, 0.5) is 0 Å². The molecule has 25 heavy (non-hydrogen) atoms. The number of hydrogen-bond donors (Lipinski definition) is 5. The molecule has 1 aliphatic rings. The summed E-state index contributed by atoms with van der Waals surface area (Å²) >= 11 is 0. The van der Waals surface area contributed by atoms with Gasteiger partial charge in [0.05, 0.1) is 13.2 Å². The van der Waals surface area contributed by atoms with Gasteiger partial charge in [-0.3, -0.25) is 0 Å². The molecule has 1 heterocycles. The van der Waals surface area contributed by atoms with Crippen molar-refractivity contribution in [3.8, 4) is 0 Å². The monoisotopic (exact) mass is 362 g/mol. The van der Waals surface area contributed by atoms with Crippen molar-refractivity contribution in [1.29, 1.82) is 0 Å². The van der Waals surface area contributed by atoms with E-state index in [4.69, 9.17) is 14.6 Å². The van der Waals surface area contributed by atoms with Crippen molar-refractivity contribution in [3.63, 3.8) is 0 Å². The molecule has 8 nitrogen and oxygen atoms in total. The van der Waals surface area contributed by atoms with Gasteiger partial charge in [0, 0.05) is 0 Å². The number of rotatable bonds is 12. The molecule has 5 atom stereocenters. The lowest BCUT2D eigenvalue weighted by molar-refractivity contribution is -0.149. The molecule has 0 amide bonds. The average Bonchev–Trinajstić information content (AvgIpc) is 2.90. The Bertz CT molecular complexity index is 450. The van der Waals surface area contributed by atoms with Crippen LogP contribution in [0.3, 0.4) is 0 Å². The van der Waals surface area contributed by atoms with Crippen molar-refractivity contribution in [3.05, 3.63) is 11.5 Å². The Kier molecular flexibility index (Phi) is 9.20. The van der Waals surface area contributed by atoms with Crippen LogP contribution in [-0.2, 0) is 14.3 Å². The van der Waals surface area contributed by atoms with Crippen LogP contribution >= 0.6 is 0 Å². The smallest absolute Gasteiger partial charge is 0.378 e. The fraction of sp³-hybridized carbons (Fsp3) is 0.824. The number of aliphatic hydroxyl groups excluding tert-OH is 5. The molecule has 3 unspecified atom stereocenters. The lowest BCUT2D eigenvalue weighted by Gasteiger charge is -2.27. The van der Waals surface area contributed by atoms with Gasteiger partial charge in [0.2, 0.25) is 5.76 Å². The number of hydrogen-bond acceptors (Lipinski definition) is 8. The Morgan fingerprint density at radius 3 is 2.32 bits per heavy atom. The van der Waals surface area contributed by atoms with Crippen LogP contribution < -0.4 is 0 Å². The lowest BCUT2D eigenvalue weighted by Crippen LogP contribution is -2.37. The zero-order valence-electron chi connectivity index (χ0n) is 14.8. The molecule has 0 aromatic rings. The molecule has 0 spiro atoms. The summed E-state index contributed by atoms with van der Waals surface area (Å²) in [7, 11) is 0. The standard InChI is InChI=1S/C17H30O8/c1-3-5-10(4-2)6-7-13(11(20)8-18)24-16-14(22)17(23)25-15(16)12(21)9-19/h10-13,15,18-22H,3-9H2,1-2H3/t10?,11?,12-,13?,15+/m0/s1. The molecular formula is C17H30O8. The molecular weight excluding hydrogens is 332 g/mol. The van der Waals surface area contributed by atoms with E-state index in [-0.39, 0.29) is 5.76 Å². The van der Waals surface area contributed by atoms with Crippen molar-refractivity contribution in [1.82, 2.24) is 0 Å². The summed E-state index contributed by atoms with van der Waals surface area (Å²) in [5.41, 5.74) is 0. The van der Waals surface area contributed by atoms with Crippen LogP contribution in [0, 0.1) is 5.92 Å². The van der Waals surface area contributed by atoms with E-state index in [1.165, 1.54) is 0 Å². The lowest BCUT2D eigenvalue weighted by atomic mass is 9.93. The van der Waals surface area contributed by atoms with E-state index in [0.717, 1.165) is 25.7 Å². The Balaban J connectivity index is 2.87. The predicted molar refractivity (Wildman–Crippen MR) is 88.5 cm³/mol. The first kappa shape index (κ1) is 21.7. The second-order valence-corrected chi connectivity index (χ2v) is 6.34. The molecule has 146 valence electrons. The second-order valence-electron chi connectivity index (χ2n) is 6.34. The van der Waals surface area contributed by atoms with Crippen molar-refractivity contribution in [2.45, 2.75) is 70.4 Å². The second kappa shape index (κ2) is 10.6. The molecule has 0 fully saturated rings. The van der Waals surface area contributed by atoms with Crippen LogP contribution in [-0.4, -0.2) is 69.1 Å². The predicted octanol–water partition coefficient (Wildman–Crippen LogP) is 0.380. The van der Waals surface area contributed by atoms with Gasteiger partial charge in [0.15, 0.2) is 11.9 Å². The number of cyclic esters (lactones) is 1. The largest absolute Gasteiger partial charge is 0.499 e. The fourth-order valence-corrected chi connectivity index (χ4v) is 2.90. The molecule has 0 saturated carbocycles. The topological polar surface area (TPSA) is 137 Å².